The third-order valence-electron chi connectivity index (χ3n) is 2.75. The molecular weight excluding hydrogens is 345 g/mol. The summed E-state index contributed by atoms with van der Waals surface area (Å²) < 4.78 is 0. The summed E-state index contributed by atoms with van der Waals surface area (Å²) in [6.07, 6.45) is 5.78. The lowest BCUT2D eigenvalue weighted by atomic mass is 10.0. The van der Waals surface area contributed by atoms with Gasteiger partial charge in [-0.15, -0.1) is 24.0 Å². The van der Waals surface area contributed by atoms with E-state index >= 15 is 0 Å². The Bertz CT molecular complexity index is 185. The van der Waals surface area contributed by atoms with Crippen LogP contribution in [0.4, 0.5) is 0 Å². The van der Waals surface area contributed by atoms with Gasteiger partial charge < -0.3 is 10.6 Å². The topological polar surface area (TPSA) is 36.4 Å². The quantitative estimate of drug-likeness (QED) is 0.297. The van der Waals surface area contributed by atoms with Crippen LogP contribution in [-0.4, -0.2) is 38.1 Å². The number of hydrogen-bond donors (Lipinski definition) is 2. The number of thioether (sulfide) groups is 1. The SMILES string of the molecule is CCC(CC)CNC(=NC)NCCCSC.I. The molecule has 104 valence electrons. The molecular formula is C12H28IN3S. The third kappa shape index (κ3) is 11.2. The molecule has 0 radical (unpaired) electrons. The molecule has 0 saturated carbocycles. The van der Waals surface area contributed by atoms with Gasteiger partial charge in [-0.2, -0.15) is 11.8 Å². The van der Waals surface area contributed by atoms with E-state index in [9.17, 15) is 0 Å². The second kappa shape index (κ2) is 14.4. The third-order valence-corrected chi connectivity index (χ3v) is 3.45. The summed E-state index contributed by atoms with van der Waals surface area (Å²) in [7, 11) is 1.83. The van der Waals surface area contributed by atoms with Gasteiger partial charge in [-0.05, 0) is 24.3 Å². The minimum atomic E-state index is 0. The van der Waals surface area contributed by atoms with Crippen LogP contribution in [0.2, 0.25) is 0 Å². The average molecular weight is 373 g/mol. The fourth-order valence-corrected chi connectivity index (χ4v) is 1.90. The van der Waals surface area contributed by atoms with Crippen LogP contribution in [0.25, 0.3) is 0 Å². The molecule has 0 unspecified atom stereocenters. The van der Waals surface area contributed by atoms with Crippen molar-refractivity contribution in [3.05, 3.63) is 0 Å². The van der Waals surface area contributed by atoms with Crippen LogP contribution in [0.15, 0.2) is 4.99 Å². The summed E-state index contributed by atoms with van der Waals surface area (Å²) in [5, 5.41) is 6.71. The molecule has 0 bridgehead atoms. The van der Waals surface area contributed by atoms with Crippen LogP contribution in [0, 0.1) is 5.92 Å². The average Bonchev–Trinajstić information content (AvgIpc) is 2.33. The number of hydrogen-bond acceptors (Lipinski definition) is 2. The summed E-state index contributed by atoms with van der Waals surface area (Å²) in [4.78, 5) is 4.21. The Kier molecular flexibility index (Phi) is 16.7. The highest BCUT2D eigenvalue weighted by molar-refractivity contribution is 14.0. The predicted molar refractivity (Wildman–Crippen MR) is 91.9 cm³/mol. The summed E-state index contributed by atoms with van der Waals surface area (Å²) in [6, 6.07) is 0. The molecule has 0 aromatic heterocycles. The lowest BCUT2D eigenvalue weighted by Crippen LogP contribution is -2.40. The highest BCUT2D eigenvalue weighted by atomic mass is 127. The Morgan fingerprint density at radius 1 is 1.24 bits per heavy atom. The van der Waals surface area contributed by atoms with E-state index in [1.807, 2.05) is 18.8 Å². The molecule has 0 aromatic rings. The maximum absolute atomic E-state index is 4.21. The molecule has 0 heterocycles. The van der Waals surface area contributed by atoms with E-state index in [1.165, 1.54) is 25.0 Å². The Balaban J connectivity index is 0. The van der Waals surface area contributed by atoms with Gasteiger partial charge in [0.25, 0.3) is 0 Å². The van der Waals surface area contributed by atoms with E-state index in [0.717, 1.165) is 25.0 Å². The molecule has 2 N–H and O–H groups in total. The standard InChI is InChI=1S/C12H27N3S.HI/c1-5-11(6-2)10-15-12(13-3)14-8-7-9-16-4;/h11H,5-10H2,1-4H3,(H2,13,14,15);1H. The van der Waals surface area contributed by atoms with Crippen molar-refractivity contribution in [3.63, 3.8) is 0 Å². The lowest BCUT2D eigenvalue weighted by Gasteiger charge is -2.16. The van der Waals surface area contributed by atoms with Crippen LogP contribution in [0.3, 0.4) is 0 Å². The number of rotatable bonds is 8. The van der Waals surface area contributed by atoms with Crippen LogP contribution < -0.4 is 10.6 Å². The Hall–Kier alpha value is 0.350. The molecule has 0 amide bonds. The molecule has 3 nitrogen and oxygen atoms in total. The second-order valence-electron chi connectivity index (χ2n) is 3.91. The van der Waals surface area contributed by atoms with Crippen molar-refractivity contribution >= 4 is 41.7 Å². The zero-order valence-electron chi connectivity index (χ0n) is 11.6. The van der Waals surface area contributed by atoms with Crippen molar-refractivity contribution < 1.29 is 0 Å². The van der Waals surface area contributed by atoms with Gasteiger partial charge in [0.2, 0.25) is 0 Å². The van der Waals surface area contributed by atoms with Gasteiger partial charge >= 0.3 is 0 Å². The van der Waals surface area contributed by atoms with Crippen molar-refractivity contribution in [1.82, 2.24) is 10.6 Å². The molecule has 17 heavy (non-hydrogen) atoms. The number of aliphatic imine (C=N–C) groups is 1. The molecule has 0 aliphatic carbocycles. The fraction of sp³-hybridized carbons (Fsp3) is 0.917. The van der Waals surface area contributed by atoms with Crippen molar-refractivity contribution in [3.8, 4) is 0 Å². The maximum atomic E-state index is 4.21. The van der Waals surface area contributed by atoms with E-state index in [4.69, 9.17) is 0 Å². The van der Waals surface area contributed by atoms with Crippen LogP contribution in [0.5, 0.6) is 0 Å². The van der Waals surface area contributed by atoms with Crippen molar-refractivity contribution in [2.75, 3.05) is 32.1 Å². The highest BCUT2D eigenvalue weighted by Crippen LogP contribution is 2.04. The summed E-state index contributed by atoms with van der Waals surface area (Å²) in [5.41, 5.74) is 0. The van der Waals surface area contributed by atoms with E-state index in [0.29, 0.717) is 0 Å². The smallest absolute Gasteiger partial charge is 0.190 e. The number of nitrogens with zero attached hydrogens (tertiary/aromatic N) is 1. The normalized spacial score (nSPS) is 11.2. The van der Waals surface area contributed by atoms with Gasteiger partial charge in [-0.3, -0.25) is 4.99 Å². The van der Waals surface area contributed by atoms with Crippen LogP contribution in [0.1, 0.15) is 33.1 Å². The maximum Gasteiger partial charge on any atom is 0.190 e. The number of nitrogens with one attached hydrogen (secondary N) is 2. The monoisotopic (exact) mass is 373 g/mol. The van der Waals surface area contributed by atoms with Crippen LogP contribution >= 0.6 is 35.7 Å². The van der Waals surface area contributed by atoms with Gasteiger partial charge in [0, 0.05) is 20.1 Å². The molecule has 0 rings (SSSR count). The summed E-state index contributed by atoms with van der Waals surface area (Å²) in [6.45, 7) is 6.51. The number of halogens is 1. The fourth-order valence-electron chi connectivity index (χ4n) is 1.46. The summed E-state index contributed by atoms with van der Waals surface area (Å²) >= 11 is 1.89. The van der Waals surface area contributed by atoms with Gasteiger partial charge in [0.1, 0.15) is 0 Å². The van der Waals surface area contributed by atoms with Crippen molar-refractivity contribution in [1.29, 1.82) is 0 Å². The van der Waals surface area contributed by atoms with Crippen molar-refractivity contribution in [2.45, 2.75) is 33.1 Å². The van der Waals surface area contributed by atoms with Crippen molar-refractivity contribution in [2.24, 2.45) is 10.9 Å². The zero-order chi connectivity index (χ0) is 12.2. The van der Waals surface area contributed by atoms with Gasteiger partial charge in [-0.25, -0.2) is 0 Å². The zero-order valence-corrected chi connectivity index (χ0v) is 14.7. The summed E-state index contributed by atoms with van der Waals surface area (Å²) in [5.74, 6) is 2.90. The first-order valence-electron chi connectivity index (χ1n) is 6.21. The molecule has 0 aliphatic rings. The predicted octanol–water partition coefficient (Wildman–Crippen LogP) is 2.96. The number of guanidine groups is 1. The molecule has 0 fully saturated rings. The molecule has 0 spiro atoms. The van der Waals surface area contributed by atoms with E-state index in [-0.39, 0.29) is 24.0 Å². The van der Waals surface area contributed by atoms with Crippen LogP contribution in [-0.2, 0) is 0 Å². The Labute approximate surface area is 128 Å². The minimum absolute atomic E-state index is 0. The minimum Gasteiger partial charge on any atom is -0.356 e. The Morgan fingerprint density at radius 2 is 1.88 bits per heavy atom. The van der Waals surface area contributed by atoms with E-state index in [2.05, 4.69) is 35.7 Å². The molecule has 0 aliphatic heterocycles. The highest BCUT2D eigenvalue weighted by Gasteiger charge is 2.04. The largest absolute Gasteiger partial charge is 0.356 e. The van der Waals surface area contributed by atoms with Gasteiger partial charge in [0.15, 0.2) is 5.96 Å². The first-order valence-corrected chi connectivity index (χ1v) is 7.61. The van der Waals surface area contributed by atoms with E-state index < -0.39 is 0 Å². The molecule has 0 aromatic carbocycles. The first kappa shape index (κ1) is 19.7. The molecule has 0 saturated heterocycles. The first-order chi connectivity index (χ1) is 7.78. The second-order valence-corrected chi connectivity index (χ2v) is 4.89. The van der Waals surface area contributed by atoms with Gasteiger partial charge in [0.05, 0.1) is 0 Å². The van der Waals surface area contributed by atoms with E-state index in [1.54, 1.807) is 0 Å². The molecule has 5 heteroatoms. The molecule has 0 atom stereocenters. The van der Waals surface area contributed by atoms with Gasteiger partial charge in [-0.1, -0.05) is 26.7 Å². The lowest BCUT2D eigenvalue weighted by molar-refractivity contribution is 0.481. The Morgan fingerprint density at radius 3 is 2.35 bits per heavy atom.